The zero-order valence-corrected chi connectivity index (χ0v) is 14.9. The number of ether oxygens (including phenoxy) is 1. The minimum atomic E-state index is -0.173. The van der Waals surface area contributed by atoms with E-state index in [2.05, 4.69) is 4.90 Å². The molecule has 1 aromatic carbocycles. The number of fused-ring (bicyclic) bond motifs is 1. The average molecular weight is 358 g/mol. The highest BCUT2D eigenvalue weighted by Crippen LogP contribution is 2.26. The van der Waals surface area contributed by atoms with Gasteiger partial charge in [-0.3, -0.25) is 9.69 Å². The van der Waals surface area contributed by atoms with E-state index in [0.717, 1.165) is 18.5 Å². The highest BCUT2D eigenvalue weighted by molar-refractivity contribution is 5.91. The molecule has 5 nitrogen and oxygen atoms in total. The van der Waals surface area contributed by atoms with Gasteiger partial charge in [-0.1, -0.05) is 12.1 Å². The van der Waals surface area contributed by atoms with Crippen molar-refractivity contribution >= 4 is 5.91 Å². The van der Waals surface area contributed by atoms with Gasteiger partial charge in [0.25, 0.3) is 5.91 Å². The van der Waals surface area contributed by atoms with Crippen LogP contribution in [0.15, 0.2) is 41.0 Å². The first-order valence-electron chi connectivity index (χ1n) is 9.06. The highest BCUT2D eigenvalue weighted by atomic mass is 19.1. The predicted octanol–water partition coefficient (Wildman–Crippen LogP) is 2.84. The van der Waals surface area contributed by atoms with E-state index in [4.69, 9.17) is 9.15 Å². The summed E-state index contributed by atoms with van der Waals surface area (Å²) >= 11 is 0. The number of halogens is 1. The van der Waals surface area contributed by atoms with Crippen LogP contribution >= 0.6 is 0 Å². The van der Waals surface area contributed by atoms with Crippen LogP contribution in [0.5, 0.6) is 0 Å². The number of likely N-dealkylation sites (tertiary alicyclic amines) is 1. The van der Waals surface area contributed by atoms with Crippen LogP contribution < -0.4 is 0 Å². The quantitative estimate of drug-likeness (QED) is 0.846. The number of furan rings is 1. The van der Waals surface area contributed by atoms with E-state index in [1.165, 1.54) is 12.3 Å². The molecule has 2 aliphatic heterocycles. The maximum absolute atomic E-state index is 13.8. The molecule has 2 saturated heterocycles. The summed E-state index contributed by atoms with van der Waals surface area (Å²) < 4.78 is 25.0. The van der Waals surface area contributed by atoms with Gasteiger partial charge in [0.1, 0.15) is 5.82 Å². The summed E-state index contributed by atoms with van der Waals surface area (Å²) in [6, 6.07) is 8.62. The monoisotopic (exact) mass is 358 g/mol. The summed E-state index contributed by atoms with van der Waals surface area (Å²) in [4.78, 5) is 16.9. The van der Waals surface area contributed by atoms with Gasteiger partial charge in [0.15, 0.2) is 5.76 Å². The van der Waals surface area contributed by atoms with Crippen molar-refractivity contribution in [3.8, 4) is 0 Å². The molecular formula is C20H23FN2O3. The number of hydrogen-bond donors (Lipinski definition) is 0. The van der Waals surface area contributed by atoms with Gasteiger partial charge in [-0.2, -0.15) is 0 Å². The second-order valence-electron chi connectivity index (χ2n) is 7.00. The molecule has 3 heterocycles. The van der Waals surface area contributed by atoms with Crippen molar-refractivity contribution in [2.45, 2.75) is 32.0 Å². The molecule has 2 aliphatic rings. The van der Waals surface area contributed by atoms with Gasteiger partial charge in [0, 0.05) is 26.2 Å². The maximum atomic E-state index is 13.8. The average Bonchev–Trinajstić information content (AvgIpc) is 3.19. The number of hydrogen-bond acceptors (Lipinski definition) is 4. The Bertz CT molecular complexity index is 777. The van der Waals surface area contributed by atoms with Crippen LogP contribution in [0.4, 0.5) is 4.39 Å². The molecule has 1 amide bonds. The van der Waals surface area contributed by atoms with Crippen LogP contribution in [0.2, 0.25) is 0 Å². The summed E-state index contributed by atoms with van der Waals surface area (Å²) in [6.45, 7) is 5.20. The van der Waals surface area contributed by atoms with E-state index in [9.17, 15) is 9.18 Å². The third-order valence-corrected chi connectivity index (χ3v) is 5.44. The largest absolute Gasteiger partial charge is 0.459 e. The van der Waals surface area contributed by atoms with Crippen molar-refractivity contribution in [1.82, 2.24) is 9.80 Å². The first-order valence-corrected chi connectivity index (χ1v) is 9.06. The molecule has 2 atom stereocenters. The van der Waals surface area contributed by atoms with Gasteiger partial charge in [-0.05, 0) is 42.7 Å². The molecule has 0 aliphatic carbocycles. The lowest BCUT2D eigenvalue weighted by Crippen LogP contribution is -2.61. The van der Waals surface area contributed by atoms with Crippen LogP contribution in [0.1, 0.15) is 28.1 Å². The van der Waals surface area contributed by atoms with Crippen molar-refractivity contribution in [2.75, 3.05) is 26.2 Å². The Kier molecular flexibility index (Phi) is 4.78. The number of morpholine rings is 1. The zero-order chi connectivity index (χ0) is 18.1. The number of rotatable bonds is 3. The molecule has 6 heteroatoms. The summed E-state index contributed by atoms with van der Waals surface area (Å²) in [5, 5.41) is 0. The topological polar surface area (TPSA) is 45.9 Å². The minimum Gasteiger partial charge on any atom is -0.459 e. The molecule has 0 saturated carbocycles. The van der Waals surface area contributed by atoms with Crippen LogP contribution in [0.25, 0.3) is 0 Å². The molecule has 0 unspecified atom stereocenters. The lowest BCUT2D eigenvalue weighted by atomic mass is 9.97. The molecule has 2 fully saturated rings. The fourth-order valence-corrected chi connectivity index (χ4v) is 3.94. The molecule has 1 aromatic heterocycles. The van der Waals surface area contributed by atoms with Gasteiger partial charge in [-0.15, -0.1) is 0 Å². The number of amides is 1. The molecule has 4 rings (SSSR count). The molecule has 0 spiro atoms. The SMILES string of the molecule is Cc1c(F)cccc1CN1CC[C@H]2OCCN(C(=O)c3ccco3)[C@@H]2C1. The lowest BCUT2D eigenvalue weighted by molar-refractivity contribution is -0.0920. The standard InChI is InChI=1S/C20H23FN2O3/c1-14-15(4-2-5-16(14)21)12-22-8-7-18-17(13-22)23(9-11-26-18)20(24)19-6-3-10-25-19/h2-6,10,17-18H,7-9,11-13H2,1H3/t17-,18-/m1/s1. The number of carbonyl (C=O) groups is 1. The summed E-state index contributed by atoms with van der Waals surface area (Å²) in [5.74, 6) is 0.105. The second kappa shape index (κ2) is 7.21. The molecule has 138 valence electrons. The summed E-state index contributed by atoms with van der Waals surface area (Å²) in [7, 11) is 0. The van der Waals surface area contributed by atoms with Crippen molar-refractivity contribution in [1.29, 1.82) is 0 Å². The Labute approximate surface area is 152 Å². The van der Waals surface area contributed by atoms with Gasteiger partial charge in [0.05, 0.1) is 25.0 Å². The smallest absolute Gasteiger partial charge is 0.290 e. The Morgan fingerprint density at radius 3 is 2.96 bits per heavy atom. The van der Waals surface area contributed by atoms with E-state index >= 15 is 0 Å². The Hall–Kier alpha value is -2.18. The number of carbonyl (C=O) groups excluding carboxylic acids is 1. The number of benzene rings is 1. The normalized spacial score (nSPS) is 23.7. The van der Waals surface area contributed by atoms with E-state index in [1.54, 1.807) is 18.2 Å². The highest BCUT2D eigenvalue weighted by Gasteiger charge is 2.40. The van der Waals surface area contributed by atoms with Crippen molar-refractivity contribution in [2.24, 2.45) is 0 Å². The Morgan fingerprint density at radius 2 is 2.15 bits per heavy atom. The van der Waals surface area contributed by atoms with Crippen LogP contribution in [0, 0.1) is 12.7 Å². The maximum Gasteiger partial charge on any atom is 0.290 e. The van der Waals surface area contributed by atoms with Crippen molar-refractivity contribution < 1.29 is 18.3 Å². The Morgan fingerprint density at radius 1 is 1.27 bits per heavy atom. The van der Waals surface area contributed by atoms with Crippen molar-refractivity contribution in [3.05, 3.63) is 59.3 Å². The summed E-state index contributed by atoms with van der Waals surface area (Å²) in [6.07, 6.45) is 2.43. The van der Waals surface area contributed by atoms with Gasteiger partial charge < -0.3 is 14.1 Å². The Balaban J connectivity index is 1.50. The van der Waals surface area contributed by atoms with Gasteiger partial charge in [0.2, 0.25) is 0 Å². The molecular weight excluding hydrogens is 335 g/mol. The fourth-order valence-electron chi connectivity index (χ4n) is 3.94. The third kappa shape index (κ3) is 3.27. The van der Waals surface area contributed by atoms with Crippen molar-refractivity contribution in [3.63, 3.8) is 0 Å². The molecule has 0 bridgehead atoms. The minimum absolute atomic E-state index is 0.0102. The number of nitrogens with zero attached hydrogens (tertiary/aromatic N) is 2. The molecule has 0 radical (unpaired) electrons. The third-order valence-electron chi connectivity index (χ3n) is 5.44. The van der Waals surface area contributed by atoms with E-state index in [-0.39, 0.29) is 23.9 Å². The predicted molar refractivity (Wildman–Crippen MR) is 94.3 cm³/mol. The van der Waals surface area contributed by atoms with E-state index < -0.39 is 0 Å². The van der Waals surface area contributed by atoms with E-state index in [1.807, 2.05) is 17.9 Å². The zero-order valence-electron chi connectivity index (χ0n) is 14.9. The summed E-state index contributed by atoms with van der Waals surface area (Å²) in [5.41, 5.74) is 1.68. The van der Waals surface area contributed by atoms with E-state index in [0.29, 0.717) is 37.6 Å². The molecule has 0 N–H and O–H groups in total. The van der Waals surface area contributed by atoms with Gasteiger partial charge >= 0.3 is 0 Å². The first kappa shape index (κ1) is 17.2. The van der Waals surface area contributed by atoms with Gasteiger partial charge in [-0.25, -0.2) is 4.39 Å². The van der Waals surface area contributed by atoms with Crippen LogP contribution in [-0.2, 0) is 11.3 Å². The first-order chi connectivity index (χ1) is 12.6. The van der Waals surface area contributed by atoms with Crippen LogP contribution in [-0.4, -0.2) is 54.1 Å². The lowest BCUT2D eigenvalue weighted by Gasteiger charge is -2.46. The number of piperidine rings is 1. The second-order valence-corrected chi connectivity index (χ2v) is 7.00. The molecule has 2 aromatic rings. The fraction of sp³-hybridized carbons (Fsp3) is 0.450. The molecule has 26 heavy (non-hydrogen) atoms. The van der Waals surface area contributed by atoms with Crippen LogP contribution in [0.3, 0.4) is 0 Å².